The predicted molar refractivity (Wildman–Crippen MR) is 61.4 cm³/mol. The first-order chi connectivity index (χ1) is 7.17. The van der Waals surface area contributed by atoms with Gasteiger partial charge in [0.15, 0.2) is 0 Å². The highest BCUT2D eigenvalue weighted by Crippen LogP contribution is 2.23. The third kappa shape index (κ3) is 3.70. The molecule has 15 heavy (non-hydrogen) atoms. The number of hydrogen-bond acceptors (Lipinski definition) is 3. The summed E-state index contributed by atoms with van der Waals surface area (Å²) in [6, 6.07) is 5.57. The number of aliphatic hydroxyl groups is 1. The molecule has 0 radical (unpaired) electrons. The Morgan fingerprint density at radius 3 is 2.80 bits per heavy atom. The van der Waals surface area contributed by atoms with E-state index in [9.17, 15) is 0 Å². The zero-order valence-corrected chi connectivity index (χ0v) is 9.79. The van der Waals surface area contributed by atoms with Crippen LogP contribution in [0.25, 0.3) is 0 Å². The first-order valence-electron chi connectivity index (χ1n) is 4.79. The van der Waals surface area contributed by atoms with Crippen LogP contribution < -0.4 is 4.74 Å². The SMILES string of the molecule is COc1cc(Cl)ccc1CN(C)CCO. The molecular weight excluding hydrogens is 214 g/mol. The molecule has 1 N–H and O–H groups in total. The number of ether oxygens (including phenoxy) is 1. The van der Waals surface area contributed by atoms with Crippen molar-refractivity contribution >= 4 is 11.6 Å². The van der Waals surface area contributed by atoms with Crippen LogP contribution in [0, 0.1) is 0 Å². The first-order valence-corrected chi connectivity index (χ1v) is 5.17. The molecule has 0 aliphatic carbocycles. The molecule has 0 aromatic heterocycles. The predicted octanol–water partition coefficient (Wildman–Crippen LogP) is 1.77. The summed E-state index contributed by atoms with van der Waals surface area (Å²) in [6.07, 6.45) is 0. The topological polar surface area (TPSA) is 32.7 Å². The van der Waals surface area contributed by atoms with Crippen LogP contribution in [0.15, 0.2) is 18.2 Å². The van der Waals surface area contributed by atoms with Gasteiger partial charge in [0.25, 0.3) is 0 Å². The number of hydrogen-bond donors (Lipinski definition) is 1. The second-order valence-corrected chi connectivity index (χ2v) is 3.85. The van der Waals surface area contributed by atoms with E-state index in [0.717, 1.165) is 17.9 Å². The van der Waals surface area contributed by atoms with Crippen LogP contribution in [-0.4, -0.2) is 37.3 Å². The van der Waals surface area contributed by atoms with Crippen molar-refractivity contribution in [3.63, 3.8) is 0 Å². The minimum Gasteiger partial charge on any atom is -0.496 e. The van der Waals surface area contributed by atoms with Gasteiger partial charge in [-0.15, -0.1) is 0 Å². The molecular formula is C11H16ClNO2. The van der Waals surface area contributed by atoms with E-state index in [1.54, 1.807) is 13.2 Å². The van der Waals surface area contributed by atoms with E-state index in [1.165, 1.54) is 0 Å². The number of rotatable bonds is 5. The largest absolute Gasteiger partial charge is 0.496 e. The van der Waals surface area contributed by atoms with Gasteiger partial charge in [-0.2, -0.15) is 0 Å². The lowest BCUT2D eigenvalue weighted by Gasteiger charge is -2.17. The summed E-state index contributed by atoms with van der Waals surface area (Å²) >= 11 is 5.86. The van der Waals surface area contributed by atoms with Crippen molar-refractivity contribution in [2.24, 2.45) is 0 Å². The minimum absolute atomic E-state index is 0.159. The Morgan fingerprint density at radius 2 is 2.20 bits per heavy atom. The molecule has 84 valence electrons. The number of nitrogens with zero attached hydrogens (tertiary/aromatic N) is 1. The summed E-state index contributed by atoms with van der Waals surface area (Å²) in [7, 11) is 3.57. The molecule has 0 spiro atoms. The molecule has 0 saturated heterocycles. The highest BCUT2D eigenvalue weighted by atomic mass is 35.5. The van der Waals surface area contributed by atoms with E-state index in [4.69, 9.17) is 21.4 Å². The van der Waals surface area contributed by atoms with E-state index >= 15 is 0 Å². The van der Waals surface area contributed by atoms with E-state index in [-0.39, 0.29) is 6.61 Å². The van der Waals surface area contributed by atoms with Crippen LogP contribution in [0.5, 0.6) is 5.75 Å². The van der Waals surface area contributed by atoms with Gasteiger partial charge in [0.1, 0.15) is 5.75 Å². The highest BCUT2D eigenvalue weighted by molar-refractivity contribution is 6.30. The van der Waals surface area contributed by atoms with E-state index in [0.29, 0.717) is 11.6 Å². The Bertz CT molecular complexity index is 317. The molecule has 1 aromatic carbocycles. The molecule has 0 unspecified atom stereocenters. The Hall–Kier alpha value is -0.770. The number of methoxy groups -OCH3 is 1. The summed E-state index contributed by atoms with van der Waals surface area (Å²) in [5, 5.41) is 9.46. The Balaban J connectivity index is 2.75. The Labute approximate surface area is 95.2 Å². The first kappa shape index (κ1) is 12.3. The molecule has 0 bridgehead atoms. The van der Waals surface area contributed by atoms with Crippen molar-refractivity contribution in [1.82, 2.24) is 4.90 Å². The maximum Gasteiger partial charge on any atom is 0.124 e. The van der Waals surface area contributed by atoms with Crippen LogP contribution in [0.4, 0.5) is 0 Å². The van der Waals surface area contributed by atoms with E-state index in [1.807, 2.05) is 24.1 Å². The number of benzene rings is 1. The fourth-order valence-corrected chi connectivity index (χ4v) is 1.55. The van der Waals surface area contributed by atoms with E-state index < -0.39 is 0 Å². The van der Waals surface area contributed by atoms with Gasteiger partial charge in [-0.1, -0.05) is 17.7 Å². The van der Waals surface area contributed by atoms with Gasteiger partial charge in [-0.3, -0.25) is 4.90 Å². The zero-order valence-electron chi connectivity index (χ0n) is 9.03. The van der Waals surface area contributed by atoms with Crippen molar-refractivity contribution in [2.45, 2.75) is 6.54 Å². The summed E-state index contributed by atoms with van der Waals surface area (Å²) in [5.74, 6) is 0.785. The van der Waals surface area contributed by atoms with Gasteiger partial charge < -0.3 is 9.84 Å². The third-order valence-corrected chi connectivity index (χ3v) is 2.41. The van der Waals surface area contributed by atoms with Crippen LogP contribution in [0.2, 0.25) is 5.02 Å². The van der Waals surface area contributed by atoms with Crippen LogP contribution in [0.1, 0.15) is 5.56 Å². The van der Waals surface area contributed by atoms with Gasteiger partial charge in [-0.05, 0) is 19.2 Å². The highest BCUT2D eigenvalue weighted by Gasteiger charge is 2.06. The molecule has 0 aliphatic heterocycles. The molecule has 0 amide bonds. The monoisotopic (exact) mass is 229 g/mol. The third-order valence-electron chi connectivity index (χ3n) is 2.17. The molecule has 0 fully saturated rings. The standard InChI is InChI=1S/C11H16ClNO2/c1-13(5-6-14)8-9-3-4-10(12)7-11(9)15-2/h3-4,7,14H,5-6,8H2,1-2H3. The average Bonchev–Trinajstić information content (AvgIpc) is 2.21. The minimum atomic E-state index is 0.159. The maximum absolute atomic E-state index is 8.79. The summed E-state index contributed by atoms with van der Waals surface area (Å²) < 4.78 is 5.23. The summed E-state index contributed by atoms with van der Waals surface area (Å²) in [6.45, 7) is 1.54. The second-order valence-electron chi connectivity index (χ2n) is 3.42. The lowest BCUT2D eigenvalue weighted by Crippen LogP contribution is -2.21. The average molecular weight is 230 g/mol. The summed E-state index contributed by atoms with van der Waals surface area (Å²) in [4.78, 5) is 2.02. The van der Waals surface area contributed by atoms with Crippen molar-refractivity contribution in [2.75, 3.05) is 27.3 Å². The van der Waals surface area contributed by atoms with Gasteiger partial charge in [-0.25, -0.2) is 0 Å². The van der Waals surface area contributed by atoms with Crippen molar-refractivity contribution in [3.05, 3.63) is 28.8 Å². The molecule has 0 atom stereocenters. The smallest absolute Gasteiger partial charge is 0.124 e. The number of likely N-dealkylation sites (N-methyl/N-ethyl adjacent to an activating group) is 1. The molecule has 1 rings (SSSR count). The summed E-state index contributed by atoms with van der Waals surface area (Å²) in [5.41, 5.74) is 1.07. The number of halogens is 1. The van der Waals surface area contributed by atoms with Crippen molar-refractivity contribution in [1.29, 1.82) is 0 Å². The van der Waals surface area contributed by atoms with Gasteiger partial charge in [0.2, 0.25) is 0 Å². The molecule has 1 aromatic rings. The molecule has 3 nitrogen and oxygen atoms in total. The number of aliphatic hydroxyl groups excluding tert-OH is 1. The van der Waals surface area contributed by atoms with Gasteiger partial charge in [0.05, 0.1) is 13.7 Å². The van der Waals surface area contributed by atoms with E-state index in [2.05, 4.69) is 0 Å². The Kier molecular flexibility index (Phi) is 4.88. The lowest BCUT2D eigenvalue weighted by molar-refractivity contribution is 0.216. The quantitative estimate of drug-likeness (QED) is 0.836. The van der Waals surface area contributed by atoms with Crippen LogP contribution in [0.3, 0.4) is 0 Å². The van der Waals surface area contributed by atoms with Crippen molar-refractivity contribution in [3.8, 4) is 5.75 Å². The molecule has 0 aliphatic rings. The van der Waals surface area contributed by atoms with Crippen molar-refractivity contribution < 1.29 is 9.84 Å². The normalized spacial score (nSPS) is 10.7. The van der Waals surface area contributed by atoms with Gasteiger partial charge in [0, 0.05) is 23.7 Å². The lowest BCUT2D eigenvalue weighted by atomic mass is 10.2. The molecule has 4 heteroatoms. The maximum atomic E-state index is 8.79. The van der Waals surface area contributed by atoms with Gasteiger partial charge >= 0.3 is 0 Å². The molecule has 0 saturated carbocycles. The zero-order chi connectivity index (χ0) is 11.3. The fraction of sp³-hybridized carbons (Fsp3) is 0.455. The Morgan fingerprint density at radius 1 is 1.47 bits per heavy atom. The van der Waals surface area contributed by atoms with Crippen LogP contribution >= 0.6 is 11.6 Å². The molecule has 0 heterocycles. The van der Waals surface area contributed by atoms with Crippen LogP contribution in [-0.2, 0) is 6.54 Å². The second kappa shape index (κ2) is 5.95. The fourth-order valence-electron chi connectivity index (χ4n) is 1.39.